The van der Waals surface area contributed by atoms with Crippen LogP contribution in [0.1, 0.15) is 35.2 Å². The zero-order valence-electron chi connectivity index (χ0n) is 14.7. The lowest BCUT2D eigenvalue weighted by atomic mass is 10.0. The van der Waals surface area contributed by atoms with Gasteiger partial charge in [-0.15, -0.1) is 0 Å². The Balaban J connectivity index is 1.76. The number of likely N-dealkylation sites (tertiary alicyclic amines) is 1. The van der Waals surface area contributed by atoms with E-state index in [1.54, 1.807) is 24.3 Å². The minimum atomic E-state index is -0.571. The van der Waals surface area contributed by atoms with Crippen molar-refractivity contribution < 1.29 is 9.59 Å². The third kappa shape index (κ3) is 4.85. The van der Waals surface area contributed by atoms with E-state index in [2.05, 4.69) is 5.32 Å². The van der Waals surface area contributed by atoms with Gasteiger partial charge >= 0.3 is 0 Å². The van der Waals surface area contributed by atoms with Crippen LogP contribution >= 0.6 is 11.6 Å². The normalized spacial score (nSPS) is 15.3. The van der Waals surface area contributed by atoms with E-state index in [-0.39, 0.29) is 11.8 Å². The number of rotatable bonds is 5. The highest BCUT2D eigenvalue weighted by Crippen LogP contribution is 2.14. The Bertz CT molecular complexity index is 740. The van der Waals surface area contributed by atoms with Crippen LogP contribution in [-0.4, -0.2) is 35.8 Å². The molecule has 1 atom stereocenters. The maximum atomic E-state index is 13.0. The molecule has 1 fully saturated rings. The summed E-state index contributed by atoms with van der Waals surface area (Å²) in [4.78, 5) is 27.5. The smallest absolute Gasteiger partial charge is 0.251 e. The summed E-state index contributed by atoms with van der Waals surface area (Å²) >= 11 is 5.89. The molecule has 0 spiro atoms. The predicted octanol–water partition coefficient (Wildman–Crippen LogP) is 3.69. The van der Waals surface area contributed by atoms with Crippen LogP contribution in [0.15, 0.2) is 54.6 Å². The summed E-state index contributed by atoms with van der Waals surface area (Å²) in [7, 11) is 0. The number of hydrogen-bond acceptors (Lipinski definition) is 2. The number of halogens is 1. The first-order valence-electron chi connectivity index (χ1n) is 9.02. The molecule has 1 unspecified atom stereocenters. The second kappa shape index (κ2) is 8.86. The van der Waals surface area contributed by atoms with Crippen molar-refractivity contribution >= 4 is 23.4 Å². The lowest BCUT2D eigenvalue weighted by Crippen LogP contribution is -2.51. The molecule has 0 aliphatic carbocycles. The molecule has 0 bridgehead atoms. The van der Waals surface area contributed by atoms with Crippen molar-refractivity contribution in [2.75, 3.05) is 13.1 Å². The van der Waals surface area contributed by atoms with Gasteiger partial charge in [-0.2, -0.15) is 0 Å². The molecule has 1 aliphatic rings. The SMILES string of the molecule is O=C(NC(Cc1ccccc1)C(=O)N1CCCCC1)c1ccc(Cl)cc1. The number of carbonyl (C=O) groups excluding carboxylic acids is 2. The molecule has 4 nitrogen and oxygen atoms in total. The number of amides is 2. The average Bonchev–Trinajstić information content (AvgIpc) is 2.69. The van der Waals surface area contributed by atoms with Crippen molar-refractivity contribution in [2.45, 2.75) is 31.7 Å². The highest BCUT2D eigenvalue weighted by molar-refractivity contribution is 6.30. The van der Waals surface area contributed by atoms with Gasteiger partial charge in [0.15, 0.2) is 0 Å². The lowest BCUT2D eigenvalue weighted by Gasteiger charge is -2.31. The predicted molar refractivity (Wildman–Crippen MR) is 103 cm³/mol. The zero-order valence-corrected chi connectivity index (χ0v) is 15.4. The minimum absolute atomic E-state index is 0.00383. The summed E-state index contributed by atoms with van der Waals surface area (Å²) in [6.07, 6.45) is 3.68. The van der Waals surface area contributed by atoms with Crippen LogP contribution < -0.4 is 5.32 Å². The van der Waals surface area contributed by atoms with Crippen molar-refractivity contribution in [3.05, 3.63) is 70.7 Å². The summed E-state index contributed by atoms with van der Waals surface area (Å²) in [5, 5.41) is 3.50. The van der Waals surface area contributed by atoms with Crippen LogP contribution in [0, 0.1) is 0 Å². The minimum Gasteiger partial charge on any atom is -0.341 e. The van der Waals surface area contributed by atoms with E-state index >= 15 is 0 Å². The van der Waals surface area contributed by atoms with Crippen molar-refractivity contribution in [1.82, 2.24) is 10.2 Å². The summed E-state index contributed by atoms with van der Waals surface area (Å²) in [6, 6.07) is 15.9. The van der Waals surface area contributed by atoms with Gasteiger partial charge in [0.2, 0.25) is 5.91 Å². The molecule has 136 valence electrons. The summed E-state index contributed by atoms with van der Waals surface area (Å²) in [5.41, 5.74) is 1.53. The number of piperidine rings is 1. The monoisotopic (exact) mass is 370 g/mol. The molecule has 3 rings (SSSR count). The molecule has 2 aromatic carbocycles. The Morgan fingerprint density at radius 3 is 2.27 bits per heavy atom. The molecule has 0 radical (unpaired) electrons. The molecule has 1 saturated heterocycles. The highest BCUT2D eigenvalue weighted by Gasteiger charge is 2.27. The van der Waals surface area contributed by atoms with Crippen LogP contribution in [-0.2, 0) is 11.2 Å². The fraction of sp³-hybridized carbons (Fsp3) is 0.333. The van der Waals surface area contributed by atoms with Crippen LogP contribution in [0.25, 0.3) is 0 Å². The first kappa shape index (κ1) is 18.5. The van der Waals surface area contributed by atoms with Gasteiger partial charge in [0.05, 0.1) is 0 Å². The Kier molecular flexibility index (Phi) is 6.29. The van der Waals surface area contributed by atoms with Gasteiger partial charge < -0.3 is 10.2 Å². The Morgan fingerprint density at radius 1 is 0.962 bits per heavy atom. The summed E-state index contributed by atoms with van der Waals surface area (Å²) in [5.74, 6) is -0.260. The second-order valence-electron chi connectivity index (χ2n) is 6.61. The van der Waals surface area contributed by atoms with Crippen LogP contribution in [0.4, 0.5) is 0 Å². The lowest BCUT2D eigenvalue weighted by molar-refractivity contribution is -0.134. The molecule has 2 aromatic rings. The van der Waals surface area contributed by atoms with Crippen molar-refractivity contribution in [2.24, 2.45) is 0 Å². The highest BCUT2D eigenvalue weighted by atomic mass is 35.5. The summed E-state index contributed by atoms with van der Waals surface area (Å²) < 4.78 is 0. The largest absolute Gasteiger partial charge is 0.341 e. The van der Waals surface area contributed by atoms with E-state index in [4.69, 9.17) is 11.6 Å². The number of benzene rings is 2. The average molecular weight is 371 g/mol. The summed E-state index contributed by atoms with van der Waals surface area (Å²) in [6.45, 7) is 1.53. The number of carbonyl (C=O) groups is 2. The van der Waals surface area contributed by atoms with Gasteiger partial charge in [-0.3, -0.25) is 9.59 Å². The van der Waals surface area contributed by atoms with Gasteiger partial charge in [-0.1, -0.05) is 41.9 Å². The molecule has 1 heterocycles. The van der Waals surface area contributed by atoms with Crippen LogP contribution in [0.5, 0.6) is 0 Å². The fourth-order valence-corrected chi connectivity index (χ4v) is 3.35. The molecule has 0 aromatic heterocycles. The van der Waals surface area contributed by atoms with Crippen molar-refractivity contribution in [3.63, 3.8) is 0 Å². The Hall–Kier alpha value is -2.33. The number of nitrogens with one attached hydrogen (secondary N) is 1. The molecule has 5 heteroatoms. The van der Waals surface area contributed by atoms with Gasteiger partial charge in [0.1, 0.15) is 6.04 Å². The van der Waals surface area contributed by atoms with Gasteiger partial charge in [-0.05, 0) is 49.1 Å². The molecular formula is C21H23ClN2O2. The van der Waals surface area contributed by atoms with E-state index < -0.39 is 6.04 Å². The van der Waals surface area contributed by atoms with Crippen molar-refractivity contribution in [3.8, 4) is 0 Å². The molecule has 0 saturated carbocycles. The van der Waals surface area contributed by atoms with E-state index in [9.17, 15) is 9.59 Å². The maximum absolute atomic E-state index is 13.0. The second-order valence-corrected chi connectivity index (χ2v) is 7.05. The topological polar surface area (TPSA) is 49.4 Å². The molecular weight excluding hydrogens is 348 g/mol. The molecule has 1 N–H and O–H groups in total. The number of nitrogens with zero attached hydrogens (tertiary/aromatic N) is 1. The van der Waals surface area contributed by atoms with Gasteiger partial charge in [0.25, 0.3) is 5.91 Å². The van der Waals surface area contributed by atoms with Crippen molar-refractivity contribution in [1.29, 1.82) is 0 Å². The zero-order chi connectivity index (χ0) is 18.4. The van der Waals surface area contributed by atoms with Crippen LogP contribution in [0.3, 0.4) is 0 Å². The van der Waals surface area contributed by atoms with E-state index in [1.807, 2.05) is 35.2 Å². The standard InChI is InChI=1S/C21H23ClN2O2/c22-18-11-9-17(10-12-18)20(25)23-19(15-16-7-3-1-4-8-16)21(26)24-13-5-2-6-14-24/h1,3-4,7-12,19H,2,5-6,13-15H2,(H,23,25). The van der Waals surface area contributed by atoms with Gasteiger partial charge in [0, 0.05) is 30.1 Å². The van der Waals surface area contributed by atoms with Gasteiger partial charge in [-0.25, -0.2) is 0 Å². The third-order valence-corrected chi connectivity index (χ3v) is 4.91. The Labute approximate surface area is 159 Å². The van der Waals surface area contributed by atoms with Crippen LogP contribution in [0.2, 0.25) is 5.02 Å². The van der Waals surface area contributed by atoms with E-state index in [0.29, 0.717) is 17.0 Å². The maximum Gasteiger partial charge on any atom is 0.251 e. The van der Waals surface area contributed by atoms with E-state index in [1.165, 1.54) is 0 Å². The first-order chi connectivity index (χ1) is 12.6. The molecule has 26 heavy (non-hydrogen) atoms. The number of hydrogen-bond donors (Lipinski definition) is 1. The Morgan fingerprint density at radius 2 is 1.62 bits per heavy atom. The quantitative estimate of drug-likeness (QED) is 0.872. The fourth-order valence-electron chi connectivity index (χ4n) is 3.23. The molecule has 2 amide bonds. The van der Waals surface area contributed by atoms with E-state index in [0.717, 1.165) is 37.9 Å². The first-order valence-corrected chi connectivity index (χ1v) is 9.40. The third-order valence-electron chi connectivity index (χ3n) is 4.66. The molecule has 1 aliphatic heterocycles.